The molecule has 1 aromatic heterocycles. The van der Waals surface area contributed by atoms with Crippen molar-refractivity contribution in [3.63, 3.8) is 0 Å². The van der Waals surface area contributed by atoms with Crippen LogP contribution in [0.1, 0.15) is 43.9 Å². The monoisotopic (exact) mass is 581 g/mol. The fraction of sp³-hybridized carbons (Fsp3) is 0.462. The van der Waals surface area contributed by atoms with Gasteiger partial charge in [0.2, 0.25) is 5.75 Å². The van der Waals surface area contributed by atoms with Crippen LogP contribution in [0.4, 0.5) is 0 Å². The first-order valence-corrected chi connectivity index (χ1v) is 13.9. The van der Waals surface area contributed by atoms with E-state index in [-0.39, 0.29) is 11.2 Å². The van der Waals surface area contributed by atoms with E-state index in [1.165, 1.54) is 0 Å². The number of ether oxygens (including phenoxy) is 3. The molecule has 1 unspecified atom stereocenters. The van der Waals surface area contributed by atoms with Gasteiger partial charge in [-0.15, -0.1) is 8.58 Å². The summed E-state index contributed by atoms with van der Waals surface area (Å²) in [6, 6.07) is 5.86. The predicted molar refractivity (Wildman–Crippen MR) is 146 cm³/mol. The van der Waals surface area contributed by atoms with Crippen molar-refractivity contribution in [3.8, 4) is 28.4 Å². The number of aryl methyl sites for hydroxylation is 1. The Bertz CT molecular complexity index is 1020. The van der Waals surface area contributed by atoms with Crippen molar-refractivity contribution in [2.45, 2.75) is 45.2 Å². The van der Waals surface area contributed by atoms with Gasteiger partial charge < -0.3 is 14.2 Å². The summed E-state index contributed by atoms with van der Waals surface area (Å²) in [6.45, 7) is 6.37. The van der Waals surface area contributed by atoms with Gasteiger partial charge >= 0.3 is 0 Å². The number of Topliss-reactive ketones (excluding diaryl/α,β-unsaturated/α-hetero) is 1. The smallest absolute Gasteiger partial charge is 0.203 e. The highest BCUT2D eigenvalue weighted by Crippen LogP contribution is 2.45. The number of hydrogen-bond donors (Lipinski definition) is 0. The molecule has 1 saturated carbocycles. The lowest BCUT2D eigenvalue weighted by atomic mass is 9.70. The maximum atomic E-state index is 13.8. The summed E-state index contributed by atoms with van der Waals surface area (Å²) < 4.78 is 18.4. The Morgan fingerprint density at radius 2 is 1.70 bits per heavy atom. The number of carbonyl (C=O) groups excluding carboxylic acids is 1. The molecule has 0 amide bonds. The number of benzene rings is 1. The van der Waals surface area contributed by atoms with E-state index in [4.69, 9.17) is 14.2 Å². The van der Waals surface area contributed by atoms with Gasteiger partial charge in [-0.3, -0.25) is 9.78 Å². The summed E-state index contributed by atoms with van der Waals surface area (Å²) in [5.74, 6) is 1.93. The lowest BCUT2D eigenvalue weighted by molar-refractivity contribution is -0.123. The van der Waals surface area contributed by atoms with E-state index < -0.39 is 0 Å². The number of methoxy groups -OCH3 is 3. The Morgan fingerprint density at radius 1 is 1.09 bits per heavy atom. The molecule has 0 spiro atoms. The number of nitrogens with zero attached hydrogens (tertiary/aromatic N) is 1. The highest BCUT2D eigenvalue weighted by molar-refractivity contribution is 14.1. The molecule has 0 radical (unpaired) electrons. The van der Waals surface area contributed by atoms with E-state index >= 15 is 0 Å². The van der Waals surface area contributed by atoms with Crippen LogP contribution in [0.25, 0.3) is 16.7 Å². The topological polar surface area (TPSA) is 57.7 Å². The third-order valence-corrected chi connectivity index (χ3v) is 8.79. The number of rotatable bonds is 8. The van der Waals surface area contributed by atoms with Crippen LogP contribution in [-0.2, 0) is 4.79 Å². The molecular formula is C26H33INO4P. The van der Waals surface area contributed by atoms with Gasteiger partial charge in [0.05, 0.1) is 21.3 Å². The van der Waals surface area contributed by atoms with Crippen LogP contribution in [0.15, 0.2) is 28.5 Å². The Balaban J connectivity index is 2.01. The molecule has 178 valence electrons. The third-order valence-electron chi connectivity index (χ3n) is 6.77. The number of aromatic nitrogens is 1. The van der Waals surface area contributed by atoms with Gasteiger partial charge in [0, 0.05) is 34.0 Å². The van der Waals surface area contributed by atoms with Crippen molar-refractivity contribution in [3.05, 3.63) is 39.7 Å². The van der Waals surface area contributed by atoms with Crippen molar-refractivity contribution in [1.29, 1.82) is 0 Å². The Morgan fingerprint density at radius 3 is 2.18 bits per heavy atom. The molecule has 3 rings (SSSR count). The second kappa shape index (κ2) is 11.2. The largest absolute Gasteiger partial charge is 0.493 e. The first-order chi connectivity index (χ1) is 15.8. The SMILES string of the molecule is COc1cc(-c2cnc(C)c(/C(=C\I)C(=O)C3(C)CCC(PC)CC3)c2)cc(OC)c1OC. The normalized spacial score (nSPS) is 21.3. The van der Waals surface area contributed by atoms with Gasteiger partial charge in [-0.1, -0.05) is 29.5 Å². The summed E-state index contributed by atoms with van der Waals surface area (Å²) in [7, 11) is 5.74. The molecule has 5 nitrogen and oxygen atoms in total. The van der Waals surface area contributed by atoms with E-state index in [2.05, 4.69) is 41.2 Å². The van der Waals surface area contributed by atoms with Gasteiger partial charge in [-0.25, -0.2) is 0 Å². The minimum absolute atomic E-state index is 0.224. The van der Waals surface area contributed by atoms with Crippen LogP contribution in [0, 0.1) is 12.3 Å². The first-order valence-electron chi connectivity index (χ1n) is 11.1. The van der Waals surface area contributed by atoms with E-state index in [0.29, 0.717) is 17.2 Å². The molecule has 1 heterocycles. The highest BCUT2D eigenvalue weighted by atomic mass is 127. The summed E-state index contributed by atoms with van der Waals surface area (Å²) in [5, 5.41) is 0. The van der Waals surface area contributed by atoms with Gasteiger partial charge in [0.1, 0.15) is 0 Å². The summed E-state index contributed by atoms with van der Waals surface area (Å²) in [4.78, 5) is 18.4. The fourth-order valence-electron chi connectivity index (χ4n) is 4.54. The zero-order chi connectivity index (χ0) is 24.2. The van der Waals surface area contributed by atoms with Gasteiger partial charge in [0.25, 0.3) is 0 Å². The van der Waals surface area contributed by atoms with Crippen LogP contribution >= 0.6 is 31.2 Å². The lowest BCUT2D eigenvalue weighted by Crippen LogP contribution is -2.34. The second-order valence-electron chi connectivity index (χ2n) is 8.75. The van der Waals surface area contributed by atoms with Crippen LogP contribution in [0.2, 0.25) is 0 Å². The zero-order valence-corrected chi connectivity index (χ0v) is 23.4. The Labute approximate surface area is 212 Å². The third kappa shape index (κ3) is 5.37. The first kappa shape index (κ1) is 26.0. The van der Waals surface area contributed by atoms with Crippen molar-refractivity contribution >= 4 is 42.5 Å². The standard InChI is InChI=1S/C26H33INO4P/c1-16-20(21(14-27)25(29)26(2)9-7-19(33-6)8-10-26)11-18(15-28-16)17-12-22(30-3)24(32-5)23(13-17)31-4/h11-15,19,33H,7-10H2,1-6H3/b21-14+. The molecule has 1 aliphatic carbocycles. The fourth-order valence-corrected chi connectivity index (χ4v) is 6.02. The van der Waals surface area contributed by atoms with Crippen molar-refractivity contribution in [1.82, 2.24) is 4.98 Å². The molecule has 1 atom stereocenters. The molecule has 1 fully saturated rings. The van der Waals surface area contributed by atoms with Crippen molar-refractivity contribution < 1.29 is 19.0 Å². The molecule has 7 heteroatoms. The minimum atomic E-state index is -0.317. The molecule has 0 bridgehead atoms. The van der Waals surface area contributed by atoms with E-state index in [1.54, 1.807) is 21.3 Å². The molecule has 2 aromatic rings. The number of halogens is 1. The molecular weight excluding hydrogens is 548 g/mol. The quantitative estimate of drug-likeness (QED) is 0.198. The van der Waals surface area contributed by atoms with Crippen LogP contribution in [0.3, 0.4) is 0 Å². The average Bonchev–Trinajstić information content (AvgIpc) is 2.84. The summed E-state index contributed by atoms with van der Waals surface area (Å²) >= 11 is 2.19. The Hall–Kier alpha value is -1.66. The predicted octanol–water partition coefficient (Wildman–Crippen LogP) is 6.69. The second-order valence-corrected chi connectivity index (χ2v) is 10.8. The minimum Gasteiger partial charge on any atom is -0.493 e. The van der Waals surface area contributed by atoms with Gasteiger partial charge in [-0.05, 0) is 72.8 Å². The van der Waals surface area contributed by atoms with Crippen LogP contribution in [-0.4, -0.2) is 44.4 Å². The Kier molecular flexibility index (Phi) is 8.79. The maximum Gasteiger partial charge on any atom is 0.203 e. The number of pyridine rings is 1. The lowest BCUT2D eigenvalue weighted by Gasteiger charge is -2.36. The maximum absolute atomic E-state index is 13.8. The van der Waals surface area contributed by atoms with Gasteiger partial charge in [-0.2, -0.15) is 0 Å². The molecule has 0 N–H and O–H groups in total. The molecule has 0 aliphatic heterocycles. The van der Waals surface area contributed by atoms with Crippen LogP contribution < -0.4 is 14.2 Å². The van der Waals surface area contributed by atoms with Crippen LogP contribution in [0.5, 0.6) is 17.2 Å². The average molecular weight is 581 g/mol. The molecule has 1 aliphatic rings. The highest BCUT2D eigenvalue weighted by Gasteiger charge is 2.39. The summed E-state index contributed by atoms with van der Waals surface area (Å²) in [6.07, 6.45) is 5.99. The number of allylic oxidation sites excluding steroid dienone is 1. The van der Waals surface area contributed by atoms with Gasteiger partial charge in [0.15, 0.2) is 17.3 Å². The number of carbonyl (C=O) groups is 1. The molecule has 1 aromatic carbocycles. The summed E-state index contributed by atoms with van der Waals surface area (Å²) in [5.41, 5.74) is 4.69. The van der Waals surface area contributed by atoms with Crippen molar-refractivity contribution in [2.24, 2.45) is 5.41 Å². The number of ketones is 1. The molecule has 33 heavy (non-hydrogen) atoms. The zero-order valence-electron chi connectivity index (χ0n) is 20.3. The molecule has 0 saturated heterocycles. The van der Waals surface area contributed by atoms with Crippen molar-refractivity contribution in [2.75, 3.05) is 28.0 Å². The van der Waals surface area contributed by atoms with E-state index in [9.17, 15) is 4.79 Å². The number of hydrogen-bond acceptors (Lipinski definition) is 5. The van der Waals surface area contributed by atoms with E-state index in [0.717, 1.165) is 67.9 Å². The van der Waals surface area contributed by atoms with E-state index in [1.807, 2.05) is 35.4 Å².